The van der Waals surface area contributed by atoms with E-state index in [1.807, 2.05) is 12.1 Å². The van der Waals surface area contributed by atoms with Crippen LogP contribution in [-0.2, 0) is 6.54 Å². The van der Waals surface area contributed by atoms with Gasteiger partial charge in [0.15, 0.2) is 5.69 Å². The average molecular weight is 388 g/mol. The molecule has 8 heteroatoms. The zero-order valence-corrected chi connectivity index (χ0v) is 15.1. The number of aliphatic hydroxyl groups excluding tert-OH is 1. The number of benzene rings is 2. The Morgan fingerprint density at radius 2 is 2.00 bits per heavy atom. The van der Waals surface area contributed by atoms with E-state index in [2.05, 4.69) is 10.2 Å². The van der Waals surface area contributed by atoms with Gasteiger partial charge in [-0.3, -0.25) is 9.89 Å². The van der Waals surface area contributed by atoms with Crippen molar-refractivity contribution in [2.45, 2.75) is 13.0 Å². The first-order valence-electron chi connectivity index (χ1n) is 8.35. The molecular formula is C19H18ClN3O4. The largest absolute Gasteiger partial charge is 0.476 e. The van der Waals surface area contributed by atoms with Crippen molar-refractivity contribution in [3.8, 4) is 0 Å². The number of amides is 1. The van der Waals surface area contributed by atoms with Gasteiger partial charge >= 0.3 is 5.97 Å². The maximum Gasteiger partial charge on any atom is 0.357 e. The zero-order chi connectivity index (χ0) is 19.4. The van der Waals surface area contributed by atoms with Gasteiger partial charge in [0.25, 0.3) is 5.91 Å². The molecule has 3 aromatic rings. The molecule has 1 amide bonds. The molecule has 27 heavy (non-hydrogen) atoms. The van der Waals surface area contributed by atoms with E-state index in [-0.39, 0.29) is 18.2 Å². The van der Waals surface area contributed by atoms with Crippen LogP contribution in [0, 0.1) is 0 Å². The van der Waals surface area contributed by atoms with Crippen molar-refractivity contribution in [1.29, 1.82) is 0 Å². The van der Waals surface area contributed by atoms with Crippen molar-refractivity contribution in [2.75, 3.05) is 13.2 Å². The number of hydrogen-bond acceptors (Lipinski definition) is 4. The number of carboxylic acids is 1. The first-order chi connectivity index (χ1) is 13.0. The second-order valence-electron chi connectivity index (χ2n) is 6.07. The quantitative estimate of drug-likeness (QED) is 0.577. The number of halogens is 1. The van der Waals surface area contributed by atoms with Crippen molar-refractivity contribution in [3.63, 3.8) is 0 Å². The van der Waals surface area contributed by atoms with E-state index in [0.29, 0.717) is 41.0 Å². The number of carbonyl (C=O) groups is 2. The van der Waals surface area contributed by atoms with Gasteiger partial charge in [-0.1, -0.05) is 23.7 Å². The Bertz CT molecular complexity index is 986. The number of nitrogens with zero attached hydrogens (tertiary/aromatic N) is 2. The van der Waals surface area contributed by atoms with E-state index in [0.717, 1.165) is 5.56 Å². The van der Waals surface area contributed by atoms with Gasteiger partial charge in [-0.25, -0.2) is 4.79 Å². The Labute approximate surface area is 160 Å². The number of fused-ring (bicyclic) bond motifs is 1. The molecular weight excluding hydrogens is 370 g/mol. The SMILES string of the molecule is O=C(O)c1n[nH]c2ccc(C(=O)N(CCCO)Cc3cccc(Cl)c3)cc12. The van der Waals surface area contributed by atoms with Crippen LogP contribution in [0.5, 0.6) is 0 Å². The van der Waals surface area contributed by atoms with Crippen molar-refractivity contribution < 1.29 is 19.8 Å². The molecule has 0 unspecified atom stereocenters. The van der Waals surface area contributed by atoms with Crippen LogP contribution in [-0.4, -0.2) is 50.3 Å². The summed E-state index contributed by atoms with van der Waals surface area (Å²) < 4.78 is 0. The van der Waals surface area contributed by atoms with Crippen LogP contribution < -0.4 is 0 Å². The fourth-order valence-electron chi connectivity index (χ4n) is 2.86. The van der Waals surface area contributed by atoms with Gasteiger partial charge in [0.05, 0.1) is 5.52 Å². The van der Waals surface area contributed by atoms with Crippen LogP contribution in [0.4, 0.5) is 0 Å². The highest BCUT2D eigenvalue weighted by molar-refractivity contribution is 6.30. The van der Waals surface area contributed by atoms with Crippen molar-refractivity contribution in [3.05, 3.63) is 64.3 Å². The lowest BCUT2D eigenvalue weighted by molar-refractivity contribution is 0.0689. The molecule has 0 aliphatic rings. The fourth-order valence-corrected chi connectivity index (χ4v) is 3.08. The molecule has 0 saturated heterocycles. The second kappa shape index (κ2) is 8.20. The van der Waals surface area contributed by atoms with Gasteiger partial charge < -0.3 is 15.1 Å². The Kier molecular flexibility index (Phi) is 5.73. The standard InChI is InChI=1S/C19H18ClN3O4/c20-14-4-1-3-12(9-14)11-23(7-2-8-24)18(25)13-5-6-16-15(10-13)17(19(26)27)22-21-16/h1,3-6,9-10,24H,2,7-8,11H2,(H,21,22)(H,26,27). The summed E-state index contributed by atoms with van der Waals surface area (Å²) in [5.41, 5.74) is 1.63. The lowest BCUT2D eigenvalue weighted by atomic mass is 10.1. The van der Waals surface area contributed by atoms with E-state index in [4.69, 9.17) is 16.7 Å². The molecule has 1 aromatic heterocycles. The second-order valence-corrected chi connectivity index (χ2v) is 6.51. The number of aromatic carboxylic acids is 1. The predicted octanol–water partition coefficient (Wildman–Crippen LogP) is 2.94. The molecule has 7 nitrogen and oxygen atoms in total. The lowest BCUT2D eigenvalue weighted by Gasteiger charge is -2.23. The van der Waals surface area contributed by atoms with Crippen LogP contribution in [0.25, 0.3) is 10.9 Å². The number of aliphatic hydroxyl groups is 1. The summed E-state index contributed by atoms with van der Waals surface area (Å²) in [6.45, 7) is 0.648. The highest BCUT2D eigenvalue weighted by atomic mass is 35.5. The minimum atomic E-state index is -1.16. The number of carbonyl (C=O) groups excluding carboxylic acids is 1. The third-order valence-corrected chi connectivity index (χ3v) is 4.38. The predicted molar refractivity (Wildman–Crippen MR) is 101 cm³/mol. The molecule has 1 heterocycles. The third kappa shape index (κ3) is 4.27. The Morgan fingerprint density at radius 1 is 1.19 bits per heavy atom. The molecule has 0 aliphatic heterocycles. The van der Waals surface area contributed by atoms with E-state index < -0.39 is 5.97 Å². The number of carboxylic acid groups (broad SMARTS) is 1. The molecule has 3 N–H and O–H groups in total. The molecule has 0 saturated carbocycles. The normalized spacial score (nSPS) is 10.9. The summed E-state index contributed by atoms with van der Waals surface area (Å²) in [5.74, 6) is -1.43. The zero-order valence-electron chi connectivity index (χ0n) is 14.4. The first-order valence-corrected chi connectivity index (χ1v) is 8.73. The van der Waals surface area contributed by atoms with Crippen LogP contribution in [0.15, 0.2) is 42.5 Å². The number of H-pyrrole nitrogens is 1. The Hall–Kier alpha value is -2.90. The van der Waals surface area contributed by atoms with Gasteiger partial charge in [-0.15, -0.1) is 0 Å². The smallest absolute Gasteiger partial charge is 0.357 e. The van der Waals surface area contributed by atoms with Gasteiger partial charge in [0.2, 0.25) is 0 Å². The van der Waals surface area contributed by atoms with E-state index in [9.17, 15) is 14.7 Å². The number of aromatic nitrogens is 2. The molecule has 0 bridgehead atoms. The maximum absolute atomic E-state index is 13.0. The summed E-state index contributed by atoms with van der Waals surface area (Å²) in [4.78, 5) is 25.9. The van der Waals surface area contributed by atoms with Crippen LogP contribution in [0.3, 0.4) is 0 Å². The molecule has 0 spiro atoms. The lowest BCUT2D eigenvalue weighted by Crippen LogP contribution is -2.32. The monoisotopic (exact) mass is 387 g/mol. The van der Waals surface area contributed by atoms with Gasteiger partial charge in [-0.05, 0) is 42.3 Å². The summed E-state index contributed by atoms with van der Waals surface area (Å²) in [5, 5.41) is 25.7. The minimum Gasteiger partial charge on any atom is -0.476 e. The number of nitrogens with one attached hydrogen (secondary N) is 1. The summed E-state index contributed by atoms with van der Waals surface area (Å²) >= 11 is 6.02. The van der Waals surface area contributed by atoms with Crippen LogP contribution >= 0.6 is 11.6 Å². The molecule has 0 fully saturated rings. The van der Waals surface area contributed by atoms with E-state index >= 15 is 0 Å². The van der Waals surface area contributed by atoms with Crippen molar-refractivity contribution >= 4 is 34.4 Å². The average Bonchev–Trinajstić information content (AvgIpc) is 3.08. The molecule has 2 aromatic carbocycles. The van der Waals surface area contributed by atoms with Gasteiger partial charge in [0, 0.05) is 35.7 Å². The Balaban J connectivity index is 1.91. The highest BCUT2D eigenvalue weighted by Crippen LogP contribution is 2.20. The molecule has 3 rings (SSSR count). The van der Waals surface area contributed by atoms with Crippen LogP contribution in [0.1, 0.15) is 32.8 Å². The minimum absolute atomic E-state index is 0.0384. The van der Waals surface area contributed by atoms with E-state index in [1.54, 1.807) is 29.2 Å². The van der Waals surface area contributed by atoms with Crippen molar-refractivity contribution in [2.24, 2.45) is 0 Å². The molecule has 140 valence electrons. The van der Waals surface area contributed by atoms with Gasteiger partial charge in [0.1, 0.15) is 0 Å². The number of hydrogen-bond donors (Lipinski definition) is 3. The third-order valence-electron chi connectivity index (χ3n) is 4.15. The summed E-state index contributed by atoms with van der Waals surface area (Å²) in [7, 11) is 0. The molecule has 0 aliphatic carbocycles. The number of aromatic amines is 1. The Morgan fingerprint density at radius 3 is 2.70 bits per heavy atom. The maximum atomic E-state index is 13.0. The molecule has 0 radical (unpaired) electrons. The first kappa shape index (κ1) is 18.9. The number of rotatable bonds is 7. The van der Waals surface area contributed by atoms with Gasteiger partial charge in [-0.2, -0.15) is 5.10 Å². The topological polar surface area (TPSA) is 107 Å². The fraction of sp³-hybridized carbons (Fsp3) is 0.211. The molecule has 0 atom stereocenters. The van der Waals surface area contributed by atoms with Crippen molar-refractivity contribution in [1.82, 2.24) is 15.1 Å². The van der Waals surface area contributed by atoms with Crippen LogP contribution in [0.2, 0.25) is 5.02 Å². The summed E-state index contributed by atoms with van der Waals surface area (Å²) in [6.07, 6.45) is 0.431. The summed E-state index contributed by atoms with van der Waals surface area (Å²) in [6, 6.07) is 12.0. The highest BCUT2D eigenvalue weighted by Gasteiger charge is 2.19. The van der Waals surface area contributed by atoms with E-state index in [1.165, 1.54) is 6.07 Å².